The highest BCUT2D eigenvalue weighted by molar-refractivity contribution is 5.83. The number of nitrogens with one attached hydrogen (secondary N) is 1. The van der Waals surface area contributed by atoms with Crippen molar-refractivity contribution in [3.05, 3.63) is 24.3 Å². The monoisotopic (exact) mass is 663 g/mol. The minimum absolute atomic E-state index is 0.0969. The SMILES string of the molecule is CCCCCCC/C=C\CCCCCCCC(=O)OC(/C=C\CCCCCCCC)CCCCCCC(=O)NC(CCCN)C(=O)O. The average Bonchev–Trinajstić information content (AvgIpc) is 3.05. The van der Waals surface area contributed by atoms with Crippen LogP contribution in [0.15, 0.2) is 24.3 Å². The van der Waals surface area contributed by atoms with Gasteiger partial charge in [0, 0.05) is 12.8 Å². The van der Waals surface area contributed by atoms with Gasteiger partial charge < -0.3 is 20.9 Å². The molecule has 0 aromatic heterocycles. The number of carboxylic acids is 1. The van der Waals surface area contributed by atoms with Crippen LogP contribution in [0.1, 0.15) is 194 Å². The van der Waals surface area contributed by atoms with Gasteiger partial charge in [-0.1, -0.05) is 122 Å². The number of ether oxygens (including phenoxy) is 1. The predicted molar refractivity (Wildman–Crippen MR) is 197 cm³/mol. The molecule has 0 rings (SSSR count). The molecule has 0 aromatic rings. The van der Waals surface area contributed by atoms with Crippen LogP contribution in [-0.4, -0.2) is 41.6 Å². The van der Waals surface area contributed by atoms with Gasteiger partial charge in [-0.15, -0.1) is 0 Å². The molecule has 2 atom stereocenters. The highest BCUT2D eigenvalue weighted by atomic mass is 16.5. The molecular weight excluding hydrogens is 588 g/mol. The molecule has 2 unspecified atom stereocenters. The third-order valence-corrected chi connectivity index (χ3v) is 8.72. The normalized spacial score (nSPS) is 12.9. The van der Waals surface area contributed by atoms with Gasteiger partial charge in [-0.2, -0.15) is 0 Å². The number of aliphatic carboxylic acids is 1. The van der Waals surface area contributed by atoms with Gasteiger partial charge in [-0.3, -0.25) is 9.59 Å². The van der Waals surface area contributed by atoms with E-state index in [1.807, 2.05) is 0 Å². The molecule has 4 N–H and O–H groups in total. The molecule has 0 aliphatic heterocycles. The molecule has 0 aromatic carbocycles. The van der Waals surface area contributed by atoms with E-state index in [0.717, 1.165) is 51.4 Å². The van der Waals surface area contributed by atoms with Crippen molar-refractivity contribution in [1.82, 2.24) is 5.32 Å². The van der Waals surface area contributed by atoms with E-state index in [1.54, 1.807) is 0 Å². The van der Waals surface area contributed by atoms with Crippen molar-refractivity contribution in [1.29, 1.82) is 0 Å². The second-order valence-corrected chi connectivity index (χ2v) is 13.3. The van der Waals surface area contributed by atoms with E-state index in [2.05, 4.69) is 43.5 Å². The molecule has 0 aliphatic rings. The summed E-state index contributed by atoms with van der Waals surface area (Å²) in [4.78, 5) is 36.2. The molecule has 0 fully saturated rings. The Hall–Kier alpha value is -2.15. The number of allylic oxidation sites excluding steroid dienone is 3. The first-order valence-corrected chi connectivity index (χ1v) is 19.7. The van der Waals surface area contributed by atoms with Crippen LogP contribution in [0.5, 0.6) is 0 Å². The number of rotatable bonds is 35. The number of esters is 1. The number of unbranched alkanes of at least 4 members (excludes halogenated alkanes) is 19. The van der Waals surface area contributed by atoms with Crippen LogP contribution in [0.4, 0.5) is 0 Å². The molecule has 274 valence electrons. The highest BCUT2D eigenvalue weighted by Crippen LogP contribution is 2.15. The molecule has 1 amide bonds. The zero-order valence-electron chi connectivity index (χ0n) is 30.6. The first kappa shape index (κ1) is 44.9. The zero-order valence-corrected chi connectivity index (χ0v) is 30.6. The maximum absolute atomic E-state index is 12.7. The summed E-state index contributed by atoms with van der Waals surface area (Å²) in [5, 5.41) is 11.9. The van der Waals surface area contributed by atoms with E-state index in [4.69, 9.17) is 10.5 Å². The van der Waals surface area contributed by atoms with Crippen molar-refractivity contribution in [3.63, 3.8) is 0 Å². The molecule has 0 saturated carbocycles. The molecule has 7 heteroatoms. The lowest BCUT2D eigenvalue weighted by molar-refractivity contribution is -0.147. The quantitative estimate of drug-likeness (QED) is 0.0353. The van der Waals surface area contributed by atoms with Crippen molar-refractivity contribution < 1.29 is 24.2 Å². The van der Waals surface area contributed by atoms with Gasteiger partial charge in [-0.05, 0) is 89.7 Å². The molecule has 0 aliphatic carbocycles. The van der Waals surface area contributed by atoms with Gasteiger partial charge in [0.2, 0.25) is 5.91 Å². The number of carboxylic acid groups (broad SMARTS) is 1. The Morgan fingerprint density at radius 3 is 1.66 bits per heavy atom. The summed E-state index contributed by atoms with van der Waals surface area (Å²) in [5.41, 5.74) is 5.47. The third kappa shape index (κ3) is 32.2. The van der Waals surface area contributed by atoms with Crippen molar-refractivity contribution in [3.8, 4) is 0 Å². The molecular formula is C40H74N2O5. The van der Waals surface area contributed by atoms with E-state index in [1.165, 1.54) is 96.3 Å². The number of nitrogens with two attached hydrogens (primary N) is 1. The summed E-state index contributed by atoms with van der Waals surface area (Å²) in [6.07, 6.45) is 38.0. The first-order chi connectivity index (χ1) is 22.9. The van der Waals surface area contributed by atoms with Crippen LogP contribution >= 0.6 is 0 Å². The fourth-order valence-corrected chi connectivity index (χ4v) is 5.71. The smallest absolute Gasteiger partial charge is 0.326 e. The molecule has 7 nitrogen and oxygen atoms in total. The fraction of sp³-hybridized carbons (Fsp3) is 0.825. The minimum atomic E-state index is -1.01. The maximum Gasteiger partial charge on any atom is 0.326 e. The van der Waals surface area contributed by atoms with Crippen LogP contribution in [0.25, 0.3) is 0 Å². The fourth-order valence-electron chi connectivity index (χ4n) is 5.71. The van der Waals surface area contributed by atoms with Gasteiger partial charge in [0.25, 0.3) is 0 Å². The Kier molecular flexibility index (Phi) is 33.6. The molecule has 0 saturated heterocycles. The number of hydrogen-bond donors (Lipinski definition) is 3. The lowest BCUT2D eigenvalue weighted by Gasteiger charge is -2.15. The third-order valence-electron chi connectivity index (χ3n) is 8.72. The predicted octanol–water partition coefficient (Wildman–Crippen LogP) is 10.5. The topological polar surface area (TPSA) is 119 Å². The summed E-state index contributed by atoms with van der Waals surface area (Å²) < 4.78 is 5.90. The average molecular weight is 663 g/mol. The molecule has 47 heavy (non-hydrogen) atoms. The van der Waals surface area contributed by atoms with Crippen molar-refractivity contribution in [2.45, 2.75) is 206 Å². The van der Waals surface area contributed by atoms with Gasteiger partial charge in [0.15, 0.2) is 0 Å². The van der Waals surface area contributed by atoms with E-state index in [9.17, 15) is 19.5 Å². The van der Waals surface area contributed by atoms with Crippen LogP contribution in [0, 0.1) is 0 Å². The first-order valence-electron chi connectivity index (χ1n) is 19.7. The summed E-state index contributed by atoms with van der Waals surface area (Å²) in [5.74, 6) is -1.33. The number of amides is 1. The van der Waals surface area contributed by atoms with Gasteiger partial charge in [0.05, 0.1) is 0 Å². The lowest BCUT2D eigenvalue weighted by Crippen LogP contribution is -2.40. The van der Waals surface area contributed by atoms with E-state index >= 15 is 0 Å². The van der Waals surface area contributed by atoms with Crippen LogP contribution in [-0.2, 0) is 19.1 Å². The molecule has 0 spiro atoms. The van der Waals surface area contributed by atoms with Crippen molar-refractivity contribution in [2.75, 3.05) is 6.54 Å². The number of hydrogen-bond acceptors (Lipinski definition) is 5. The second kappa shape index (κ2) is 35.2. The van der Waals surface area contributed by atoms with Crippen LogP contribution in [0.2, 0.25) is 0 Å². The number of carbonyl (C=O) groups excluding carboxylic acids is 2. The van der Waals surface area contributed by atoms with E-state index in [-0.39, 0.29) is 18.0 Å². The zero-order chi connectivity index (χ0) is 34.6. The standard InChI is InChI=1S/C40H74N2O5/c1-3-5-7-9-11-13-14-15-16-17-18-20-22-28-34-39(44)47-36(30-25-21-19-12-10-8-6-4-2)31-26-23-24-27-33-38(43)42-37(40(45)46)32-29-35-41/h14-15,25,30,36-37H,3-13,16-24,26-29,31-35,41H2,1-2H3,(H,42,43)(H,45,46)/b15-14-,30-25-. The Morgan fingerprint density at radius 2 is 1.11 bits per heavy atom. The highest BCUT2D eigenvalue weighted by Gasteiger charge is 2.19. The Bertz CT molecular complexity index is 797. The molecule has 0 bridgehead atoms. The Morgan fingerprint density at radius 1 is 0.617 bits per heavy atom. The Labute approximate surface area is 289 Å². The summed E-state index contributed by atoms with van der Waals surface area (Å²) >= 11 is 0. The number of carbonyl (C=O) groups is 3. The van der Waals surface area contributed by atoms with E-state index < -0.39 is 12.0 Å². The largest absolute Gasteiger partial charge is 0.480 e. The summed E-state index contributed by atoms with van der Waals surface area (Å²) in [6.45, 7) is 4.90. The maximum atomic E-state index is 12.7. The Balaban J connectivity index is 4.32. The van der Waals surface area contributed by atoms with Crippen LogP contribution < -0.4 is 11.1 Å². The van der Waals surface area contributed by atoms with Gasteiger partial charge in [-0.25, -0.2) is 4.79 Å². The minimum Gasteiger partial charge on any atom is -0.480 e. The van der Waals surface area contributed by atoms with Crippen LogP contribution in [0.3, 0.4) is 0 Å². The molecule has 0 heterocycles. The summed E-state index contributed by atoms with van der Waals surface area (Å²) in [6, 6.07) is -0.869. The molecule has 0 radical (unpaired) electrons. The van der Waals surface area contributed by atoms with Crippen molar-refractivity contribution in [2.24, 2.45) is 5.73 Å². The second-order valence-electron chi connectivity index (χ2n) is 13.3. The summed E-state index contributed by atoms with van der Waals surface area (Å²) in [7, 11) is 0. The lowest BCUT2D eigenvalue weighted by atomic mass is 10.1. The van der Waals surface area contributed by atoms with Gasteiger partial charge >= 0.3 is 11.9 Å². The van der Waals surface area contributed by atoms with E-state index in [0.29, 0.717) is 38.6 Å². The van der Waals surface area contributed by atoms with Crippen molar-refractivity contribution >= 4 is 17.8 Å². The van der Waals surface area contributed by atoms with Gasteiger partial charge in [0.1, 0.15) is 12.1 Å².